The maximum Gasteiger partial charge on any atom is 0.169 e. The molecular formula is C14H15ClN4S. The van der Waals surface area contributed by atoms with E-state index < -0.39 is 0 Å². The van der Waals surface area contributed by atoms with Gasteiger partial charge in [0, 0.05) is 15.0 Å². The van der Waals surface area contributed by atoms with Crippen molar-refractivity contribution in [1.82, 2.24) is 15.0 Å². The number of thiophene rings is 1. The molecule has 0 aliphatic rings. The van der Waals surface area contributed by atoms with E-state index in [9.17, 15) is 0 Å². The van der Waals surface area contributed by atoms with Gasteiger partial charge in [0.1, 0.15) is 0 Å². The molecular weight excluding hydrogens is 292 g/mol. The van der Waals surface area contributed by atoms with Gasteiger partial charge in [0.05, 0.1) is 17.3 Å². The standard InChI is InChI=1S/C14H15ClN4S/c1-2-5-10-14(16)17-18-19(10)8-12-13(15)9-6-3-4-7-11(9)20-12/h3-4,6-7H,2,5,8,16H2,1H3. The lowest BCUT2D eigenvalue weighted by Crippen LogP contribution is -2.06. The average Bonchev–Trinajstić information content (AvgIpc) is 2.95. The largest absolute Gasteiger partial charge is 0.381 e. The SMILES string of the molecule is CCCc1c(N)nnn1Cc1sc2ccccc2c1Cl. The summed E-state index contributed by atoms with van der Waals surface area (Å²) >= 11 is 8.15. The fraction of sp³-hybridized carbons (Fsp3) is 0.286. The van der Waals surface area contributed by atoms with Crippen LogP contribution in [-0.2, 0) is 13.0 Å². The molecule has 20 heavy (non-hydrogen) atoms. The van der Waals surface area contributed by atoms with Crippen LogP contribution in [0.3, 0.4) is 0 Å². The monoisotopic (exact) mass is 306 g/mol. The minimum atomic E-state index is 0.518. The summed E-state index contributed by atoms with van der Waals surface area (Å²) in [5, 5.41) is 10.0. The molecule has 4 nitrogen and oxygen atoms in total. The number of benzene rings is 1. The van der Waals surface area contributed by atoms with E-state index in [4.69, 9.17) is 17.3 Å². The van der Waals surface area contributed by atoms with Crippen molar-refractivity contribution in [3.05, 3.63) is 39.9 Å². The number of nitrogens with two attached hydrogens (primary N) is 1. The average molecular weight is 307 g/mol. The molecule has 0 atom stereocenters. The zero-order valence-electron chi connectivity index (χ0n) is 11.1. The van der Waals surface area contributed by atoms with Crippen molar-refractivity contribution in [2.45, 2.75) is 26.3 Å². The van der Waals surface area contributed by atoms with Crippen LogP contribution in [0.15, 0.2) is 24.3 Å². The van der Waals surface area contributed by atoms with Gasteiger partial charge >= 0.3 is 0 Å². The van der Waals surface area contributed by atoms with Crippen LogP contribution in [0.25, 0.3) is 10.1 Å². The van der Waals surface area contributed by atoms with Crippen LogP contribution in [0.1, 0.15) is 23.9 Å². The quantitative estimate of drug-likeness (QED) is 0.799. The Morgan fingerprint density at radius 2 is 2.15 bits per heavy atom. The molecule has 0 bridgehead atoms. The van der Waals surface area contributed by atoms with Crippen LogP contribution in [0.2, 0.25) is 5.02 Å². The van der Waals surface area contributed by atoms with Gasteiger partial charge in [-0.25, -0.2) is 4.68 Å². The van der Waals surface area contributed by atoms with Crippen LogP contribution in [0.5, 0.6) is 0 Å². The molecule has 0 saturated carbocycles. The Kier molecular flexibility index (Phi) is 3.63. The maximum absolute atomic E-state index is 6.46. The second-order valence-electron chi connectivity index (χ2n) is 4.66. The first kappa shape index (κ1) is 13.4. The van der Waals surface area contributed by atoms with Gasteiger partial charge in [-0.05, 0) is 12.5 Å². The molecule has 0 fully saturated rings. The molecule has 3 aromatic rings. The minimum Gasteiger partial charge on any atom is -0.381 e. The highest BCUT2D eigenvalue weighted by atomic mass is 35.5. The number of nitrogens with zero attached hydrogens (tertiary/aromatic N) is 3. The van der Waals surface area contributed by atoms with Crippen LogP contribution in [0.4, 0.5) is 5.82 Å². The van der Waals surface area contributed by atoms with Crippen molar-refractivity contribution < 1.29 is 0 Å². The van der Waals surface area contributed by atoms with E-state index in [0.29, 0.717) is 12.4 Å². The first-order valence-corrected chi connectivity index (χ1v) is 7.74. The first-order valence-electron chi connectivity index (χ1n) is 6.54. The summed E-state index contributed by atoms with van der Waals surface area (Å²) in [6.07, 6.45) is 1.89. The summed E-state index contributed by atoms with van der Waals surface area (Å²) in [7, 11) is 0. The Morgan fingerprint density at radius 3 is 2.90 bits per heavy atom. The molecule has 0 radical (unpaired) electrons. The predicted molar refractivity (Wildman–Crippen MR) is 84.4 cm³/mol. The van der Waals surface area contributed by atoms with Crippen LogP contribution in [-0.4, -0.2) is 15.0 Å². The molecule has 0 amide bonds. The Hall–Kier alpha value is -1.59. The van der Waals surface area contributed by atoms with Gasteiger partial charge in [0.2, 0.25) is 0 Å². The van der Waals surface area contributed by atoms with Gasteiger partial charge in [0.15, 0.2) is 5.82 Å². The van der Waals surface area contributed by atoms with E-state index >= 15 is 0 Å². The fourth-order valence-electron chi connectivity index (χ4n) is 2.27. The summed E-state index contributed by atoms with van der Waals surface area (Å²) in [6, 6.07) is 8.15. The van der Waals surface area contributed by atoms with Gasteiger partial charge in [0.25, 0.3) is 0 Å². The summed E-state index contributed by atoms with van der Waals surface area (Å²) in [5.74, 6) is 0.518. The number of hydrogen-bond acceptors (Lipinski definition) is 4. The third-order valence-corrected chi connectivity index (χ3v) is 4.95. The van der Waals surface area contributed by atoms with E-state index in [1.54, 1.807) is 11.3 Å². The van der Waals surface area contributed by atoms with E-state index in [1.165, 1.54) is 4.70 Å². The number of halogens is 1. The highest BCUT2D eigenvalue weighted by molar-refractivity contribution is 7.19. The Morgan fingerprint density at radius 1 is 1.35 bits per heavy atom. The molecule has 2 aromatic heterocycles. The lowest BCUT2D eigenvalue weighted by atomic mass is 10.2. The van der Waals surface area contributed by atoms with Gasteiger partial charge in [-0.1, -0.05) is 48.4 Å². The summed E-state index contributed by atoms with van der Waals surface area (Å²) in [5.41, 5.74) is 6.86. The van der Waals surface area contributed by atoms with Crippen LogP contribution < -0.4 is 5.73 Å². The molecule has 104 valence electrons. The molecule has 0 saturated heterocycles. The molecule has 2 N–H and O–H groups in total. The highest BCUT2D eigenvalue weighted by Crippen LogP contribution is 2.35. The first-order chi connectivity index (χ1) is 9.70. The number of nitrogen functional groups attached to an aromatic ring is 1. The number of rotatable bonds is 4. The van der Waals surface area contributed by atoms with Crippen molar-refractivity contribution in [3.63, 3.8) is 0 Å². The molecule has 0 aliphatic carbocycles. The second-order valence-corrected chi connectivity index (χ2v) is 6.18. The summed E-state index contributed by atoms with van der Waals surface area (Å²) < 4.78 is 3.05. The molecule has 2 heterocycles. The van der Waals surface area contributed by atoms with Crippen molar-refractivity contribution in [2.24, 2.45) is 0 Å². The highest BCUT2D eigenvalue weighted by Gasteiger charge is 2.14. The molecule has 0 unspecified atom stereocenters. The predicted octanol–water partition coefficient (Wildman–Crippen LogP) is 3.73. The lowest BCUT2D eigenvalue weighted by molar-refractivity contribution is 0.619. The Balaban J connectivity index is 1.99. The molecule has 0 spiro atoms. The number of anilines is 1. The zero-order valence-corrected chi connectivity index (χ0v) is 12.7. The van der Waals surface area contributed by atoms with Gasteiger partial charge < -0.3 is 5.73 Å². The molecule has 3 rings (SSSR count). The maximum atomic E-state index is 6.46. The molecule has 1 aromatic carbocycles. The minimum absolute atomic E-state index is 0.518. The molecule has 6 heteroatoms. The van der Waals surface area contributed by atoms with Crippen molar-refractivity contribution in [3.8, 4) is 0 Å². The zero-order chi connectivity index (χ0) is 14.1. The molecule has 0 aliphatic heterocycles. The van der Waals surface area contributed by atoms with E-state index in [-0.39, 0.29) is 0 Å². The normalized spacial score (nSPS) is 11.3. The van der Waals surface area contributed by atoms with E-state index in [1.807, 2.05) is 22.9 Å². The third-order valence-electron chi connectivity index (χ3n) is 3.25. The number of hydrogen-bond donors (Lipinski definition) is 1. The van der Waals surface area contributed by atoms with Crippen molar-refractivity contribution in [2.75, 3.05) is 5.73 Å². The smallest absolute Gasteiger partial charge is 0.169 e. The topological polar surface area (TPSA) is 56.7 Å². The van der Waals surface area contributed by atoms with Crippen molar-refractivity contribution >= 4 is 38.8 Å². The third kappa shape index (κ3) is 2.27. The van der Waals surface area contributed by atoms with Gasteiger partial charge in [-0.3, -0.25) is 0 Å². The van der Waals surface area contributed by atoms with Crippen LogP contribution >= 0.6 is 22.9 Å². The number of fused-ring (bicyclic) bond motifs is 1. The van der Waals surface area contributed by atoms with E-state index in [0.717, 1.165) is 33.8 Å². The van der Waals surface area contributed by atoms with Gasteiger partial charge in [-0.2, -0.15) is 0 Å². The van der Waals surface area contributed by atoms with Crippen LogP contribution in [0, 0.1) is 0 Å². The lowest BCUT2D eigenvalue weighted by Gasteiger charge is -2.04. The Bertz CT molecular complexity index is 747. The summed E-state index contributed by atoms with van der Waals surface area (Å²) in [4.78, 5) is 1.09. The number of aromatic nitrogens is 3. The van der Waals surface area contributed by atoms with E-state index in [2.05, 4.69) is 23.3 Å². The Labute approximate surface area is 126 Å². The fourth-order valence-corrected chi connectivity index (χ4v) is 3.74. The second kappa shape index (κ2) is 5.42. The summed E-state index contributed by atoms with van der Waals surface area (Å²) in [6.45, 7) is 2.74. The van der Waals surface area contributed by atoms with Crippen molar-refractivity contribution in [1.29, 1.82) is 0 Å². The van der Waals surface area contributed by atoms with Gasteiger partial charge in [-0.15, -0.1) is 16.4 Å².